The van der Waals surface area contributed by atoms with Gasteiger partial charge < -0.3 is 10.0 Å². The Balaban J connectivity index is 2.95. The molecular weight excluding hydrogens is 250 g/mol. The van der Waals surface area contributed by atoms with E-state index in [0.29, 0.717) is 17.8 Å². The van der Waals surface area contributed by atoms with Crippen LogP contribution in [0, 0.1) is 0 Å². The molecular formula is C12H21N3O2S. The fraction of sp³-hybridized carbons (Fsp3) is 0.750. The molecule has 5 nitrogen and oxygen atoms in total. The molecule has 0 fully saturated rings. The van der Waals surface area contributed by atoms with Crippen LogP contribution >= 0.6 is 11.5 Å². The first kappa shape index (κ1) is 15.0. The minimum atomic E-state index is -0.0513. The summed E-state index contributed by atoms with van der Waals surface area (Å²) >= 11 is 1.14. The number of hydrogen-bond acceptors (Lipinski definition) is 5. The van der Waals surface area contributed by atoms with E-state index in [2.05, 4.69) is 23.4 Å². The van der Waals surface area contributed by atoms with Crippen LogP contribution in [-0.4, -0.2) is 44.7 Å². The Bertz CT molecular complexity index is 377. The van der Waals surface area contributed by atoms with Crippen molar-refractivity contribution < 1.29 is 9.90 Å². The molecule has 0 aromatic carbocycles. The van der Waals surface area contributed by atoms with Gasteiger partial charge in [-0.05, 0) is 30.8 Å². The second-order valence-corrected chi connectivity index (χ2v) is 4.85. The van der Waals surface area contributed by atoms with Crippen LogP contribution in [0.5, 0.6) is 0 Å². The van der Waals surface area contributed by atoms with Crippen LogP contribution in [0.15, 0.2) is 0 Å². The third-order valence-electron chi connectivity index (χ3n) is 3.07. The third-order valence-corrected chi connectivity index (χ3v) is 3.83. The van der Waals surface area contributed by atoms with Gasteiger partial charge in [-0.2, -0.15) is 0 Å². The van der Waals surface area contributed by atoms with Crippen molar-refractivity contribution in [3.63, 3.8) is 0 Å². The highest BCUT2D eigenvalue weighted by molar-refractivity contribution is 7.08. The Morgan fingerprint density at radius 1 is 1.39 bits per heavy atom. The Labute approximate surface area is 112 Å². The van der Waals surface area contributed by atoms with Crippen molar-refractivity contribution in [1.29, 1.82) is 0 Å². The number of rotatable bonds is 7. The number of amides is 1. The molecule has 0 atom stereocenters. The highest BCUT2D eigenvalue weighted by atomic mass is 32.1. The number of aryl methyl sites for hydroxylation is 1. The minimum absolute atomic E-state index is 0.0179. The predicted octanol–water partition coefficient (Wildman–Crippen LogP) is 1.72. The molecule has 0 saturated heterocycles. The summed E-state index contributed by atoms with van der Waals surface area (Å²) < 4.78 is 3.85. The fourth-order valence-corrected chi connectivity index (χ4v) is 2.73. The number of aliphatic hydroxyl groups is 1. The highest BCUT2D eigenvalue weighted by Crippen LogP contribution is 2.18. The first-order valence-electron chi connectivity index (χ1n) is 6.42. The first-order chi connectivity index (χ1) is 8.69. The average molecular weight is 271 g/mol. The van der Waals surface area contributed by atoms with Gasteiger partial charge in [-0.3, -0.25) is 4.79 Å². The summed E-state index contributed by atoms with van der Waals surface area (Å²) in [5.74, 6) is -0.0513. The summed E-state index contributed by atoms with van der Waals surface area (Å²) in [6.45, 7) is 6.41. The predicted molar refractivity (Wildman–Crippen MR) is 71.8 cm³/mol. The highest BCUT2D eigenvalue weighted by Gasteiger charge is 2.25. The van der Waals surface area contributed by atoms with Gasteiger partial charge in [0.1, 0.15) is 4.88 Å². The van der Waals surface area contributed by atoms with Gasteiger partial charge >= 0.3 is 0 Å². The maximum absolute atomic E-state index is 12.5. The summed E-state index contributed by atoms with van der Waals surface area (Å²) in [7, 11) is 0. The van der Waals surface area contributed by atoms with E-state index in [9.17, 15) is 4.79 Å². The van der Waals surface area contributed by atoms with Crippen LogP contribution in [0.25, 0.3) is 0 Å². The lowest BCUT2D eigenvalue weighted by Crippen LogP contribution is -2.41. The molecule has 18 heavy (non-hydrogen) atoms. The van der Waals surface area contributed by atoms with Crippen LogP contribution in [0.3, 0.4) is 0 Å². The lowest BCUT2D eigenvalue weighted by molar-refractivity contribution is 0.0626. The maximum atomic E-state index is 12.5. The molecule has 0 aliphatic carbocycles. The lowest BCUT2D eigenvalue weighted by Gasteiger charge is -2.29. The minimum Gasteiger partial charge on any atom is -0.395 e. The third kappa shape index (κ3) is 3.26. The van der Waals surface area contributed by atoms with Crippen molar-refractivity contribution in [3.05, 3.63) is 10.6 Å². The lowest BCUT2D eigenvalue weighted by atomic mass is 10.1. The number of aromatic nitrogens is 2. The molecule has 0 spiro atoms. The molecule has 0 aliphatic rings. The molecule has 1 aromatic heterocycles. The van der Waals surface area contributed by atoms with Crippen molar-refractivity contribution in [1.82, 2.24) is 14.5 Å². The number of nitrogens with zero attached hydrogens (tertiary/aromatic N) is 3. The number of aliphatic hydroxyl groups excluding tert-OH is 1. The fourth-order valence-electron chi connectivity index (χ4n) is 2.02. The van der Waals surface area contributed by atoms with E-state index in [-0.39, 0.29) is 18.6 Å². The van der Waals surface area contributed by atoms with Gasteiger partial charge in [-0.1, -0.05) is 25.3 Å². The number of carbonyl (C=O) groups is 1. The van der Waals surface area contributed by atoms with E-state index < -0.39 is 0 Å². The molecule has 1 rings (SSSR count). The Morgan fingerprint density at radius 3 is 2.56 bits per heavy atom. The SMILES string of the molecule is CCc1nnsc1C(=O)N(CCO)C(CC)CC. The van der Waals surface area contributed by atoms with E-state index in [1.807, 2.05) is 6.92 Å². The zero-order chi connectivity index (χ0) is 13.5. The van der Waals surface area contributed by atoms with Gasteiger partial charge in [-0.15, -0.1) is 5.10 Å². The van der Waals surface area contributed by atoms with Crippen molar-refractivity contribution in [3.8, 4) is 0 Å². The molecule has 1 heterocycles. The number of hydrogen-bond donors (Lipinski definition) is 1. The summed E-state index contributed by atoms with van der Waals surface area (Å²) in [5, 5.41) is 13.1. The average Bonchev–Trinajstić information content (AvgIpc) is 2.86. The largest absolute Gasteiger partial charge is 0.395 e. The van der Waals surface area contributed by atoms with E-state index >= 15 is 0 Å². The van der Waals surface area contributed by atoms with Crippen molar-refractivity contribution >= 4 is 17.4 Å². The molecule has 0 bridgehead atoms. The molecule has 0 saturated carbocycles. The van der Waals surface area contributed by atoms with E-state index in [0.717, 1.165) is 30.1 Å². The van der Waals surface area contributed by atoms with Gasteiger partial charge in [0, 0.05) is 12.6 Å². The van der Waals surface area contributed by atoms with Crippen LogP contribution in [0.4, 0.5) is 0 Å². The Morgan fingerprint density at radius 2 is 2.06 bits per heavy atom. The Kier molecular flexibility index (Phi) is 6.21. The van der Waals surface area contributed by atoms with Gasteiger partial charge in [-0.25, -0.2) is 0 Å². The van der Waals surface area contributed by atoms with Crippen molar-refractivity contribution in [2.45, 2.75) is 46.1 Å². The van der Waals surface area contributed by atoms with E-state index in [1.165, 1.54) is 0 Å². The van der Waals surface area contributed by atoms with Crippen LogP contribution in [0.2, 0.25) is 0 Å². The molecule has 0 unspecified atom stereocenters. The van der Waals surface area contributed by atoms with Crippen molar-refractivity contribution in [2.75, 3.05) is 13.2 Å². The van der Waals surface area contributed by atoms with Crippen LogP contribution < -0.4 is 0 Å². The molecule has 6 heteroatoms. The van der Waals surface area contributed by atoms with Gasteiger partial charge in [0.25, 0.3) is 5.91 Å². The zero-order valence-corrected chi connectivity index (χ0v) is 12.0. The summed E-state index contributed by atoms with van der Waals surface area (Å²) in [6, 6.07) is 0.163. The second-order valence-electron chi connectivity index (χ2n) is 4.09. The first-order valence-corrected chi connectivity index (χ1v) is 7.19. The molecule has 102 valence electrons. The summed E-state index contributed by atoms with van der Waals surface area (Å²) in [5.41, 5.74) is 0.749. The van der Waals surface area contributed by atoms with Crippen molar-refractivity contribution in [2.24, 2.45) is 0 Å². The van der Waals surface area contributed by atoms with Gasteiger partial charge in [0.2, 0.25) is 0 Å². The molecule has 0 aliphatic heterocycles. The molecule has 1 aromatic rings. The number of carbonyl (C=O) groups excluding carboxylic acids is 1. The molecule has 1 N–H and O–H groups in total. The van der Waals surface area contributed by atoms with Crippen LogP contribution in [-0.2, 0) is 6.42 Å². The summed E-state index contributed by atoms with van der Waals surface area (Å²) in [4.78, 5) is 14.8. The summed E-state index contributed by atoms with van der Waals surface area (Å²) in [6.07, 6.45) is 2.47. The van der Waals surface area contributed by atoms with E-state index in [1.54, 1.807) is 4.90 Å². The monoisotopic (exact) mass is 271 g/mol. The maximum Gasteiger partial charge on any atom is 0.267 e. The van der Waals surface area contributed by atoms with Gasteiger partial charge in [0.15, 0.2) is 0 Å². The smallest absolute Gasteiger partial charge is 0.267 e. The molecule has 0 radical (unpaired) electrons. The van der Waals surface area contributed by atoms with Crippen LogP contribution in [0.1, 0.15) is 49.0 Å². The standard InChI is InChI=1S/C12H21N3O2S/c1-4-9(5-2)15(7-8-16)12(17)11-10(6-3)13-14-18-11/h9,16H,4-8H2,1-3H3. The topological polar surface area (TPSA) is 66.3 Å². The van der Waals surface area contributed by atoms with Gasteiger partial charge in [0.05, 0.1) is 12.3 Å². The quantitative estimate of drug-likeness (QED) is 0.820. The van der Waals surface area contributed by atoms with E-state index in [4.69, 9.17) is 5.11 Å². The second kappa shape index (κ2) is 7.43. The Hall–Kier alpha value is -1.01. The molecule has 1 amide bonds. The normalized spacial score (nSPS) is 10.9. The zero-order valence-electron chi connectivity index (χ0n) is 11.2.